The van der Waals surface area contributed by atoms with Gasteiger partial charge in [-0.25, -0.2) is 0 Å². The Labute approximate surface area is 153 Å². The minimum atomic E-state index is -0.735. The third kappa shape index (κ3) is 6.25. The Hall–Kier alpha value is -1.99. The summed E-state index contributed by atoms with van der Waals surface area (Å²) in [7, 11) is 0. The Morgan fingerprint density at radius 1 is 1.12 bits per heavy atom. The Balaban J connectivity index is 1.72. The molecule has 0 saturated carbocycles. The molecule has 0 aliphatic carbocycles. The lowest BCUT2D eigenvalue weighted by Gasteiger charge is -2.15. The first-order chi connectivity index (χ1) is 11.5. The van der Waals surface area contributed by atoms with Gasteiger partial charge in [0.15, 0.2) is 6.10 Å². The molecule has 2 aromatic rings. The van der Waals surface area contributed by atoms with Crippen molar-refractivity contribution in [1.29, 1.82) is 0 Å². The number of amides is 2. The maximum atomic E-state index is 11.9. The van der Waals surface area contributed by atoms with E-state index in [-0.39, 0.29) is 11.7 Å². The topological polar surface area (TPSA) is 67.4 Å². The van der Waals surface area contributed by atoms with E-state index in [1.165, 1.54) is 11.8 Å². The Kier molecular flexibility index (Phi) is 7.14. The molecular formula is C17H17BrN2O3S. The first-order valence-electron chi connectivity index (χ1n) is 7.23. The monoisotopic (exact) mass is 408 g/mol. The second kappa shape index (κ2) is 9.34. The normalized spacial score (nSPS) is 11.4. The van der Waals surface area contributed by atoms with Gasteiger partial charge < -0.3 is 4.74 Å². The lowest BCUT2D eigenvalue weighted by Crippen LogP contribution is -2.47. The number of thioether (sulfide) groups is 1. The predicted molar refractivity (Wildman–Crippen MR) is 97.7 cm³/mol. The van der Waals surface area contributed by atoms with E-state index in [1.807, 2.05) is 42.5 Å². The first kappa shape index (κ1) is 18.4. The lowest BCUT2D eigenvalue weighted by molar-refractivity contribution is -0.131. The number of carbonyl (C=O) groups excluding carboxylic acids is 2. The molecule has 1 unspecified atom stereocenters. The molecule has 2 aromatic carbocycles. The van der Waals surface area contributed by atoms with Gasteiger partial charge in [0.2, 0.25) is 5.91 Å². The van der Waals surface area contributed by atoms with Crippen molar-refractivity contribution in [3.8, 4) is 5.75 Å². The van der Waals surface area contributed by atoms with Crippen LogP contribution in [0.25, 0.3) is 0 Å². The highest BCUT2D eigenvalue weighted by molar-refractivity contribution is 9.10. The molecule has 7 heteroatoms. The SMILES string of the molecule is CC(Oc1cccc(Br)c1)C(=O)NNC(=O)CSc1ccccc1. The molecule has 1 atom stereocenters. The molecule has 2 N–H and O–H groups in total. The van der Waals surface area contributed by atoms with E-state index in [0.717, 1.165) is 9.37 Å². The number of rotatable bonds is 6. The van der Waals surface area contributed by atoms with Crippen LogP contribution in [0.5, 0.6) is 5.75 Å². The quantitative estimate of drug-likeness (QED) is 0.568. The van der Waals surface area contributed by atoms with Crippen molar-refractivity contribution in [2.24, 2.45) is 0 Å². The second-order valence-corrected chi connectivity index (χ2v) is 6.82. The molecule has 24 heavy (non-hydrogen) atoms. The van der Waals surface area contributed by atoms with E-state index in [2.05, 4.69) is 26.8 Å². The van der Waals surface area contributed by atoms with Crippen LogP contribution in [0.3, 0.4) is 0 Å². The molecule has 0 spiro atoms. The zero-order valence-electron chi connectivity index (χ0n) is 13.0. The number of ether oxygens (including phenoxy) is 1. The summed E-state index contributed by atoms with van der Waals surface area (Å²) in [6.07, 6.45) is -0.735. The highest BCUT2D eigenvalue weighted by Gasteiger charge is 2.15. The van der Waals surface area contributed by atoms with Gasteiger partial charge in [-0.1, -0.05) is 40.2 Å². The fraction of sp³-hybridized carbons (Fsp3) is 0.176. The molecule has 0 aliphatic heterocycles. The summed E-state index contributed by atoms with van der Waals surface area (Å²) >= 11 is 4.73. The van der Waals surface area contributed by atoms with Gasteiger partial charge in [0.1, 0.15) is 5.75 Å². The minimum Gasteiger partial charge on any atom is -0.481 e. The van der Waals surface area contributed by atoms with Gasteiger partial charge in [0.05, 0.1) is 5.75 Å². The molecule has 2 rings (SSSR count). The largest absolute Gasteiger partial charge is 0.481 e. The zero-order valence-corrected chi connectivity index (χ0v) is 15.4. The van der Waals surface area contributed by atoms with Gasteiger partial charge in [-0.15, -0.1) is 11.8 Å². The number of carbonyl (C=O) groups is 2. The van der Waals surface area contributed by atoms with Crippen molar-refractivity contribution in [1.82, 2.24) is 10.9 Å². The molecule has 126 valence electrons. The smallest absolute Gasteiger partial charge is 0.279 e. The van der Waals surface area contributed by atoms with Crippen LogP contribution in [0.2, 0.25) is 0 Å². The molecule has 0 fully saturated rings. The van der Waals surface area contributed by atoms with Gasteiger partial charge in [-0.05, 0) is 37.3 Å². The molecular weight excluding hydrogens is 392 g/mol. The second-order valence-electron chi connectivity index (χ2n) is 4.86. The number of hydrogen-bond acceptors (Lipinski definition) is 4. The van der Waals surface area contributed by atoms with Crippen molar-refractivity contribution in [2.45, 2.75) is 17.9 Å². The molecule has 0 bridgehead atoms. The van der Waals surface area contributed by atoms with Crippen LogP contribution in [0.15, 0.2) is 64.0 Å². The molecule has 2 amide bonds. The van der Waals surface area contributed by atoms with Crippen LogP contribution in [-0.4, -0.2) is 23.7 Å². The van der Waals surface area contributed by atoms with Crippen LogP contribution >= 0.6 is 27.7 Å². The summed E-state index contributed by atoms with van der Waals surface area (Å²) in [5.41, 5.74) is 4.75. The average Bonchev–Trinajstić information content (AvgIpc) is 2.58. The van der Waals surface area contributed by atoms with Gasteiger partial charge >= 0.3 is 0 Å². The van der Waals surface area contributed by atoms with Crippen molar-refractivity contribution in [3.63, 3.8) is 0 Å². The zero-order chi connectivity index (χ0) is 17.4. The molecule has 5 nitrogen and oxygen atoms in total. The summed E-state index contributed by atoms with van der Waals surface area (Å²) in [4.78, 5) is 24.7. The average molecular weight is 409 g/mol. The standard InChI is InChI=1S/C17H17BrN2O3S/c1-12(23-14-7-5-6-13(18)10-14)17(22)20-19-16(21)11-24-15-8-3-2-4-9-15/h2-10,12H,11H2,1H3,(H,19,21)(H,20,22). The highest BCUT2D eigenvalue weighted by Crippen LogP contribution is 2.19. The number of benzene rings is 2. The van der Waals surface area contributed by atoms with E-state index in [4.69, 9.17) is 4.74 Å². The third-order valence-electron chi connectivity index (χ3n) is 2.92. The third-order valence-corrected chi connectivity index (χ3v) is 4.42. The van der Waals surface area contributed by atoms with Gasteiger partial charge in [0.25, 0.3) is 5.91 Å². The highest BCUT2D eigenvalue weighted by atomic mass is 79.9. The van der Waals surface area contributed by atoms with E-state index in [1.54, 1.807) is 19.1 Å². The maximum Gasteiger partial charge on any atom is 0.279 e. The Morgan fingerprint density at radius 3 is 2.58 bits per heavy atom. The number of hydrogen-bond donors (Lipinski definition) is 2. The molecule has 0 aliphatic rings. The van der Waals surface area contributed by atoms with Crippen molar-refractivity contribution in [3.05, 3.63) is 59.1 Å². The molecule has 0 radical (unpaired) electrons. The lowest BCUT2D eigenvalue weighted by atomic mass is 10.3. The van der Waals surface area contributed by atoms with Crippen molar-refractivity contribution in [2.75, 3.05) is 5.75 Å². The fourth-order valence-electron chi connectivity index (χ4n) is 1.73. The van der Waals surface area contributed by atoms with Crippen LogP contribution in [-0.2, 0) is 9.59 Å². The summed E-state index contributed by atoms with van der Waals surface area (Å²) in [6.45, 7) is 1.61. The van der Waals surface area contributed by atoms with E-state index < -0.39 is 12.0 Å². The molecule has 0 aromatic heterocycles. The van der Waals surface area contributed by atoms with Crippen LogP contribution in [0.1, 0.15) is 6.92 Å². The number of halogens is 1. The van der Waals surface area contributed by atoms with Crippen LogP contribution in [0, 0.1) is 0 Å². The first-order valence-corrected chi connectivity index (χ1v) is 9.01. The van der Waals surface area contributed by atoms with Crippen LogP contribution < -0.4 is 15.6 Å². The predicted octanol–water partition coefficient (Wildman–Crippen LogP) is 3.16. The fourth-order valence-corrected chi connectivity index (χ4v) is 2.83. The van der Waals surface area contributed by atoms with E-state index in [0.29, 0.717) is 5.75 Å². The van der Waals surface area contributed by atoms with Crippen molar-refractivity contribution >= 4 is 39.5 Å². The summed E-state index contributed by atoms with van der Waals surface area (Å²) in [5.74, 6) is 0.0726. The summed E-state index contributed by atoms with van der Waals surface area (Å²) in [5, 5.41) is 0. The van der Waals surface area contributed by atoms with E-state index in [9.17, 15) is 9.59 Å². The molecule has 0 saturated heterocycles. The Morgan fingerprint density at radius 2 is 1.88 bits per heavy atom. The maximum absolute atomic E-state index is 11.9. The Bertz CT molecular complexity index is 697. The number of nitrogens with one attached hydrogen (secondary N) is 2. The van der Waals surface area contributed by atoms with E-state index >= 15 is 0 Å². The number of hydrazine groups is 1. The van der Waals surface area contributed by atoms with Crippen LogP contribution in [0.4, 0.5) is 0 Å². The molecule has 0 heterocycles. The summed E-state index contributed by atoms with van der Waals surface area (Å²) in [6, 6.07) is 16.8. The van der Waals surface area contributed by atoms with Gasteiger partial charge in [-0.2, -0.15) is 0 Å². The minimum absolute atomic E-state index is 0.213. The summed E-state index contributed by atoms with van der Waals surface area (Å²) < 4.78 is 6.38. The van der Waals surface area contributed by atoms with Crippen molar-refractivity contribution < 1.29 is 14.3 Å². The van der Waals surface area contributed by atoms with Gasteiger partial charge in [0, 0.05) is 9.37 Å². The van der Waals surface area contributed by atoms with Gasteiger partial charge in [-0.3, -0.25) is 20.4 Å².